The summed E-state index contributed by atoms with van der Waals surface area (Å²) in [7, 11) is 3.81. The number of nitrogens with zero attached hydrogens (tertiary/aromatic N) is 4. The molecule has 1 aromatic heterocycles. The third-order valence-corrected chi connectivity index (χ3v) is 4.97. The molecule has 3 rings (SSSR count). The molecule has 0 aliphatic carbocycles. The van der Waals surface area contributed by atoms with Crippen molar-refractivity contribution in [1.82, 2.24) is 19.7 Å². The van der Waals surface area contributed by atoms with E-state index in [0.29, 0.717) is 24.5 Å². The van der Waals surface area contributed by atoms with E-state index in [0.717, 1.165) is 31.2 Å². The standard InChI is InChI=1S/C20H26ClN5O/c1-22-20(23-14-17-6-7-24(2)15-17)26-10-8-25(9-11-26)19(27)13-16-4-3-5-18(21)12-16/h3-7,12,15H,8-11,13-14H2,1-2H3,(H,22,23). The third-order valence-electron chi connectivity index (χ3n) is 4.73. The second-order valence-corrected chi connectivity index (χ2v) is 7.20. The second kappa shape index (κ2) is 8.95. The van der Waals surface area contributed by atoms with Crippen molar-refractivity contribution in [2.45, 2.75) is 13.0 Å². The van der Waals surface area contributed by atoms with Crippen LogP contribution in [0.1, 0.15) is 11.1 Å². The highest BCUT2D eigenvalue weighted by atomic mass is 35.5. The van der Waals surface area contributed by atoms with Gasteiger partial charge >= 0.3 is 0 Å². The van der Waals surface area contributed by atoms with E-state index in [-0.39, 0.29) is 5.91 Å². The number of rotatable bonds is 4. The van der Waals surface area contributed by atoms with Gasteiger partial charge in [0.05, 0.1) is 6.42 Å². The number of guanidine groups is 1. The summed E-state index contributed by atoms with van der Waals surface area (Å²) >= 11 is 6.01. The molecule has 1 N–H and O–H groups in total. The Morgan fingerprint density at radius 2 is 1.89 bits per heavy atom. The van der Waals surface area contributed by atoms with Crippen molar-refractivity contribution < 1.29 is 4.79 Å². The van der Waals surface area contributed by atoms with Crippen molar-refractivity contribution in [2.24, 2.45) is 12.0 Å². The molecule has 0 atom stereocenters. The summed E-state index contributed by atoms with van der Waals surface area (Å²) in [6, 6.07) is 9.58. The predicted octanol–water partition coefficient (Wildman–Crippen LogP) is 2.14. The number of aliphatic imine (C=N–C) groups is 1. The molecule has 7 heteroatoms. The topological polar surface area (TPSA) is 52.9 Å². The first kappa shape index (κ1) is 19.3. The molecule has 1 aromatic carbocycles. The molecule has 1 fully saturated rings. The minimum absolute atomic E-state index is 0.143. The summed E-state index contributed by atoms with van der Waals surface area (Å²) in [4.78, 5) is 21.1. The van der Waals surface area contributed by atoms with E-state index in [1.54, 1.807) is 7.05 Å². The summed E-state index contributed by atoms with van der Waals surface area (Å²) in [5, 5.41) is 4.07. The van der Waals surface area contributed by atoms with Crippen LogP contribution in [0.2, 0.25) is 5.02 Å². The number of aromatic nitrogens is 1. The van der Waals surface area contributed by atoms with Crippen molar-refractivity contribution in [1.29, 1.82) is 0 Å². The molecule has 144 valence electrons. The molecule has 0 spiro atoms. The van der Waals surface area contributed by atoms with Crippen LogP contribution >= 0.6 is 11.6 Å². The smallest absolute Gasteiger partial charge is 0.227 e. The van der Waals surface area contributed by atoms with Crippen LogP contribution in [0.3, 0.4) is 0 Å². The molecule has 2 heterocycles. The number of carbonyl (C=O) groups is 1. The van der Waals surface area contributed by atoms with Gasteiger partial charge in [-0.05, 0) is 29.3 Å². The van der Waals surface area contributed by atoms with Crippen LogP contribution in [-0.4, -0.2) is 59.5 Å². The first-order valence-corrected chi connectivity index (χ1v) is 9.51. The molecule has 1 saturated heterocycles. The SMILES string of the molecule is CN=C(NCc1ccn(C)c1)N1CCN(C(=O)Cc2cccc(Cl)c2)CC1. The second-order valence-electron chi connectivity index (χ2n) is 6.76. The highest BCUT2D eigenvalue weighted by Gasteiger charge is 2.23. The Bertz CT molecular complexity index is 808. The molecule has 2 aromatic rings. The Hall–Kier alpha value is -2.47. The number of carbonyl (C=O) groups excluding carboxylic acids is 1. The van der Waals surface area contributed by atoms with Gasteiger partial charge in [-0.15, -0.1) is 0 Å². The zero-order valence-corrected chi connectivity index (χ0v) is 16.6. The van der Waals surface area contributed by atoms with E-state index in [2.05, 4.69) is 27.5 Å². The fourth-order valence-corrected chi connectivity index (χ4v) is 3.49. The number of nitrogens with one attached hydrogen (secondary N) is 1. The molecule has 1 amide bonds. The molecule has 0 bridgehead atoms. The monoisotopic (exact) mass is 387 g/mol. The summed E-state index contributed by atoms with van der Waals surface area (Å²) in [6.07, 6.45) is 4.51. The van der Waals surface area contributed by atoms with Gasteiger partial charge in [-0.25, -0.2) is 0 Å². The first-order chi connectivity index (χ1) is 13.0. The van der Waals surface area contributed by atoms with E-state index in [4.69, 9.17) is 11.6 Å². The minimum Gasteiger partial charge on any atom is -0.357 e. The van der Waals surface area contributed by atoms with Gasteiger partial charge in [0.15, 0.2) is 5.96 Å². The Morgan fingerprint density at radius 3 is 2.52 bits per heavy atom. The average molecular weight is 388 g/mol. The van der Waals surface area contributed by atoms with Gasteiger partial charge in [-0.1, -0.05) is 23.7 Å². The number of hydrogen-bond acceptors (Lipinski definition) is 2. The lowest BCUT2D eigenvalue weighted by molar-refractivity contribution is -0.131. The number of benzene rings is 1. The quantitative estimate of drug-likeness (QED) is 0.646. The zero-order valence-electron chi connectivity index (χ0n) is 15.9. The van der Waals surface area contributed by atoms with E-state index >= 15 is 0 Å². The molecule has 27 heavy (non-hydrogen) atoms. The largest absolute Gasteiger partial charge is 0.357 e. The maximum atomic E-state index is 12.6. The van der Waals surface area contributed by atoms with Gasteiger partial charge in [0.2, 0.25) is 5.91 Å². The number of aryl methyl sites for hydroxylation is 1. The van der Waals surface area contributed by atoms with Crippen LogP contribution in [0, 0.1) is 0 Å². The van der Waals surface area contributed by atoms with Crippen molar-refractivity contribution in [2.75, 3.05) is 33.2 Å². The molecule has 1 aliphatic rings. The summed E-state index contributed by atoms with van der Waals surface area (Å²) in [6.45, 7) is 3.68. The third kappa shape index (κ3) is 5.26. The van der Waals surface area contributed by atoms with Crippen LogP contribution < -0.4 is 5.32 Å². The number of halogens is 1. The number of piperazine rings is 1. The van der Waals surface area contributed by atoms with Gasteiger partial charge in [0.1, 0.15) is 0 Å². The zero-order chi connectivity index (χ0) is 19.2. The average Bonchev–Trinajstić information content (AvgIpc) is 3.08. The van der Waals surface area contributed by atoms with Crippen LogP contribution in [0.25, 0.3) is 0 Å². The predicted molar refractivity (Wildman–Crippen MR) is 109 cm³/mol. The Kier molecular flexibility index (Phi) is 6.40. The highest BCUT2D eigenvalue weighted by molar-refractivity contribution is 6.30. The fourth-order valence-electron chi connectivity index (χ4n) is 3.28. The van der Waals surface area contributed by atoms with Gasteiger partial charge in [0, 0.05) is 64.2 Å². The molecule has 0 radical (unpaired) electrons. The molecule has 0 saturated carbocycles. The Balaban J connectivity index is 1.49. The number of amides is 1. The summed E-state index contributed by atoms with van der Waals surface area (Å²) < 4.78 is 2.03. The van der Waals surface area contributed by atoms with Gasteiger partial charge in [-0.3, -0.25) is 9.79 Å². The van der Waals surface area contributed by atoms with Crippen LogP contribution in [0.5, 0.6) is 0 Å². The molecular weight excluding hydrogens is 362 g/mol. The molecule has 6 nitrogen and oxygen atoms in total. The maximum absolute atomic E-state index is 12.6. The van der Waals surface area contributed by atoms with Crippen LogP contribution in [-0.2, 0) is 24.8 Å². The maximum Gasteiger partial charge on any atom is 0.227 e. The van der Waals surface area contributed by atoms with E-state index in [1.807, 2.05) is 47.0 Å². The van der Waals surface area contributed by atoms with Crippen molar-refractivity contribution >= 4 is 23.5 Å². The van der Waals surface area contributed by atoms with Gasteiger partial charge in [-0.2, -0.15) is 0 Å². The molecule has 0 unspecified atom stereocenters. The summed E-state index contributed by atoms with van der Waals surface area (Å²) in [5.41, 5.74) is 2.17. The van der Waals surface area contributed by atoms with E-state index in [9.17, 15) is 4.79 Å². The Morgan fingerprint density at radius 1 is 1.15 bits per heavy atom. The lowest BCUT2D eigenvalue weighted by Crippen LogP contribution is -2.53. The Labute approximate surface area is 165 Å². The van der Waals surface area contributed by atoms with Crippen molar-refractivity contribution in [3.8, 4) is 0 Å². The molecule has 1 aliphatic heterocycles. The van der Waals surface area contributed by atoms with Crippen LogP contribution in [0.15, 0.2) is 47.7 Å². The molecular formula is C20H26ClN5O. The lowest BCUT2D eigenvalue weighted by atomic mass is 10.1. The van der Waals surface area contributed by atoms with Crippen molar-refractivity contribution in [3.05, 3.63) is 58.9 Å². The van der Waals surface area contributed by atoms with Crippen molar-refractivity contribution in [3.63, 3.8) is 0 Å². The first-order valence-electron chi connectivity index (χ1n) is 9.14. The van der Waals surface area contributed by atoms with E-state index < -0.39 is 0 Å². The fraction of sp³-hybridized carbons (Fsp3) is 0.400. The summed E-state index contributed by atoms with van der Waals surface area (Å²) in [5.74, 6) is 1.02. The minimum atomic E-state index is 0.143. The van der Waals surface area contributed by atoms with E-state index in [1.165, 1.54) is 5.56 Å². The highest BCUT2D eigenvalue weighted by Crippen LogP contribution is 2.13. The number of hydrogen-bond donors (Lipinski definition) is 1. The normalized spacial score (nSPS) is 15.1. The lowest BCUT2D eigenvalue weighted by Gasteiger charge is -2.36. The van der Waals surface area contributed by atoms with Crippen LogP contribution in [0.4, 0.5) is 0 Å². The van der Waals surface area contributed by atoms with Gasteiger partial charge in [0.25, 0.3) is 0 Å². The van der Waals surface area contributed by atoms with Gasteiger partial charge < -0.3 is 19.7 Å².